The molecule has 2 aromatic carbocycles. The molecule has 1 saturated heterocycles. The number of hydrogen-bond acceptors (Lipinski definition) is 7. The molecule has 2 heterocycles. The van der Waals surface area contributed by atoms with Crippen molar-refractivity contribution in [3.8, 4) is 23.3 Å². The number of nitriles is 1. The fourth-order valence-corrected chi connectivity index (χ4v) is 5.52. The van der Waals surface area contributed by atoms with Crippen molar-refractivity contribution in [2.75, 3.05) is 26.6 Å². The molecule has 0 spiro atoms. The van der Waals surface area contributed by atoms with Gasteiger partial charge in [0.2, 0.25) is 5.91 Å². The first-order valence-corrected chi connectivity index (χ1v) is 11.2. The number of hydrogen-bond donors (Lipinski definition) is 1. The van der Waals surface area contributed by atoms with E-state index in [9.17, 15) is 15.2 Å². The zero-order valence-electron chi connectivity index (χ0n) is 18.1. The number of amides is 1. The van der Waals surface area contributed by atoms with E-state index in [2.05, 4.69) is 6.07 Å². The van der Waals surface area contributed by atoms with Gasteiger partial charge in [0, 0.05) is 17.9 Å². The van der Waals surface area contributed by atoms with Crippen LogP contribution in [0.25, 0.3) is 0 Å². The van der Waals surface area contributed by atoms with Crippen molar-refractivity contribution in [1.29, 1.82) is 5.26 Å². The van der Waals surface area contributed by atoms with Crippen molar-refractivity contribution in [1.82, 2.24) is 4.90 Å². The van der Waals surface area contributed by atoms with E-state index in [-0.39, 0.29) is 18.1 Å². The van der Waals surface area contributed by atoms with Crippen molar-refractivity contribution in [2.24, 2.45) is 0 Å². The Hall–Kier alpha value is -3.15. The summed E-state index contributed by atoms with van der Waals surface area (Å²) in [5.74, 6) is 1.40. The van der Waals surface area contributed by atoms with Crippen molar-refractivity contribution in [3.05, 3.63) is 64.2 Å². The third kappa shape index (κ3) is 3.57. The summed E-state index contributed by atoms with van der Waals surface area (Å²) in [5, 5.41) is 22.0. The SMILES string of the molecule is CCOc1ccc(C2CC(=O)N3C(=C2C#N)SC[C@]3(O)c2ccc(OC)cc2)cc1OC. The van der Waals surface area contributed by atoms with E-state index in [0.717, 1.165) is 5.56 Å². The standard InChI is InChI=1S/C24H24N2O5S/c1-4-31-20-10-5-15(11-21(20)30-3)18-12-22(27)26-23(19(18)13-25)32-14-24(26,28)16-6-8-17(29-2)9-7-16/h5-11,18,28H,4,12,14H2,1-3H3/t18?,24-/m0/s1. The Bertz CT molecular complexity index is 1110. The maximum Gasteiger partial charge on any atom is 0.231 e. The van der Waals surface area contributed by atoms with Crippen LogP contribution < -0.4 is 14.2 Å². The molecular weight excluding hydrogens is 428 g/mol. The second kappa shape index (κ2) is 8.77. The summed E-state index contributed by atoms with van der Waals surface area (Å²) in [6, 6.07) is 14.7. The summed E-state index contributed by atoms with van der Waals surface area (Å²) in [4.78, 5) is 14.7. The number of ether oxygens (including phenoxy) is 3. The van der Waals surface area contributed by atoms with Crippen LogP contribution in [-0.4, -0.2) is 42.5 Å². The summed E-state index contributed by atoms with van der Waals surface area (Å²) in [6.07, 6.45) is 0.0720. The molecule has 1 amide bonds. The van der Waals surface area contributed by atoms with E-state index >= 15 is 0 Å². The number of thioether (sulfide) groups is 1. The molecule has 166 valence electrons. The van der Waals surface area contributed by atoms with Crippen LogP contribution in [0.15, 0.2) is 53.1 Å². The van der Waals surface area contributed by atoms with Gasteiger partial charge in [0.25, 0.3) is 0 Å². The lowest BCUT2D eigenvalue weighted by Crippen LogP contribution is -2.48. The highest BCUT2D eigenvalue weighted by Crippen LogP contribution is 2.52. The molecular formula is C24H24N2O5S. The zero-order chi connectivity index (χ0) is 22.9. The maximum absolute atomic E-state index is 13.3. The molecule has 0 aromatic heterocycles. The number of carbonyl (C=O) groups is 1. The van der Waals surface area contributed by atoms with Gasteiger partial charge in [-0.05, 0) is 36.8 Å². The van der Waals surface area contributed by atoms with Crippen LogP contribution in [0.3, 0.4) is 0 Å². The summed E-state index contributed by atoms with van der Waals surface area (Å²) in [5.41, 5.74) is 0.313. The predicted molar refractivity (Wildman–Crippen MR) is 120 cm³/mol. The largest absolute Gasteiger partial charge is 0.497 e. The van der Waals surface area contributed by atoms with Crippen LogP contribution >= 0.6 is 11.8 Å². The number of allylic oxidation sites excluding steroid dienone is 1. The number of nitrogens with zero attached hydrogens (tertiary/aromatic N) is 2. The van der Waals surface area contributed by atoms with Crippen molar-refractivity contribution in [2.45, 2.75) is 25.0 Å². The number of rotatable bonds is 6. The molecule has 1 unspecified atom stereocenters. The van der Waals surface area contributed by atoms with Gasteiger partial charge in [0.05, 0.1) is 43.3 Å². The average molecular weight is 453 g/mol. The second-order valence-electron chi connectivity index (χ2n) is 7.49. The normalized spacial score (nSPS) is 22.4. The first-order valence-electron chi connectivity index (χ1n) is 10.2. The van der Waals surface area contributed by atoms with E-state index in [1.807, 2.05) is 19.1 Å². The monoisotopic (exact) mass is 452 g/mol. The van der Waals surface area contributed by atoms with Crippen LogP contribution in [0.4, 0.5) is 0 Å². The summed E-state index contributed by atoms with van der Waals surface area (Å²) in [6.45, 7) is 2.39. The van der Waals surface area contributed by atoms with Crippen LogP contribution in [0.2, 0.25) is 0 Å². The summed E-state index contributed by atoms with van der Waals surface area (Å²) >= 11 is 1.32. The molecule has 0 saturated carbocycles. The van der Waals surface area contributed by atoms with Crippen molar-refractivity contribution >= 4 is 17.7 Å². The van der Waals surface area contributed by atoms with Crippen LogP contribution in [-0.2, 0) is 10.5 Å². The lowest BCUT2D eigenvalue weighted by Gasteiger charge is -2.38. The molecule has 4 rings (SSSR count). The lowest BCUT2D eigenvalue weighted by atomic mass is 9.85. The van der Waals surface area contributed by atoms with Crippen molar-refractivity contribution in [3.63, 3.8) is 0 Å². The number of aliphatic hydroxyl groups is 1. The Balaban J connectivity index is 1.74. The number of methoxy groups -OCH3 is 2. The van der Waals surface area contributed by atoms with E-state index in [4.69, 9.17) is 14.2 Å². The van der Waals surface area contributed by atoms with Crippen LogP contribution in [0.5, 0.6) is 17.2 Å². The topological polar surface area (TPSA) is 92.0 Å². The van der Waals surface area contributed by atoms with E-state index in [1.54, 1.807) is 44.6 Å². The maximum atomic E-state index is 13.3. The number of benzene rings is 2. The molecule has 0 bridgehead atoms. The zero-order valence-corrected chi connectivity index (χ0v) is 18.9. The quantitative estimate of drug-likeness (QED) is 0.714. The van der Waals surface area contributed by atoms with E-state index in [1.165, 1.54) is 16.7 Å². The third-order valence-electron chi connectivity index (χ3n) is 5.75. The second-order valence-corrected chi connectivity index (χ2v) is 8.46. The highest BCUT2D eigenvalue weighted by Gasteiger charge is 2.51. The van der Waals surface area contributed by atoms with Crippen molar-refractivity contribution < 1.29 is 24.1 Å². The Kier molecular flexibility index (Phi) is 6.04. The van der Waals surface area contributed by atoms with Gasteiger partial charge < -0.3 is 19.3 Å². The number of fused-ring (bicyclic) bond motifs is 1. The van der Waals surface area contributed by atoms with Gasteiger partial charge in [-0.15, -0.1) is 11.8 Å². The van der Waals surface area contributed by atoms with Gasteiger partial charge in [-0.2, -0.15) is 5.26 Å². The first-order chi connectivity index (χ1) is 15.5. The van der Waals surface area contributed by atoms with E-state index in [0.29, 0.717) is 40.0 Å². The molecule has 0 aliphatic carbocycles. The average Bonchev–Trinajstić information content (AvgIpc) is 3.18. The molecule has 2 aliphatic rings. The van der Waals surface area contributed by atoms with Gasteiger partial charge in [0.1, 0.15) is 5.75 Å². The van der Waals surface area contributed by atoms with Gasteiger partial charge >= 0.3 is 0 Å². The Morgan fingerprint density at radius 1 is 1.19 bits per heavy atom. The minimum absolute atomic E-state index is 0.0720. The minimum atomic E-state index is -1.52. The molecule has 0 radical (unpaired) electrons. The summed E-state index contributed by atoms with van der Waals surface area (Å²) in [7, 11) is 3.13. The van der Waals surface area contributed by atoms with Gasteiger partial charge in [0.15, 0.2) is 17.2 Å². The molecule has 2 aliphatic heterocycles. The van der Waals surface area contributed by atoms with Crippen LogP contribution in [0, 0.1) is 11.3 Å². The van der Waals surface area contributed by atoms with E-state index < -0.39 is 11.6 Å². The molecule has 7 nitrogen and oxygen atoms in total. The van der Waals surface area contributed by atoms with Gasteiger partial charge in [-0.1, -0.05) is 18.2 Å². The Morgan fingerprint density at radius 3 is 2.56 bits per heavy atom. The third-order valence-corrected chi connectivity index (χ3v) is 6.98. The molecule has 1 fully saturated rings. The Morgan fingerprint density at radius 2 is 1.94 bits per heavy atom. The molecule has 2 atom stereocenters. The molecule has 1 N–H and O–H groups in total. The fraction of sp³-hybridized carbons (Fsp3) is 0.333. The lowest BCUT2D eigenvalue weighted by molar-refractivity contribution is -0.149. The number of carbonyl (C=O) groups excluding carboxylic acids is 1. The highest BCUT2D eigenvalue weighted by atomic mass is 32.2. The first kappa shape index (κ1) is 22.1. The molecule has 8 heteroatoms. The van der Waals surface area contributed by atoms with Gasteiger partial charge in [-0.25, -0.2) is 0 Å². The summed E-state index contributed by atoms with van der Waals surface area (Å²) < 4.78 is 16.2. The van der Waals surface area contributed by atoms with Crippen LogP contribution in [0.1, 0.15) is 30.4 Å². The molecule has 32 heavy (non-hydrogen) atoms. The predicted octanol–water partition coefficient (Wildman–Crippen LogP) is 3.75. The Labute approximate surface area is 191 Å². The highest BCUT2D eigenvalue weighted by molar-refractivity contribution is 8.03. The molecule has 2 aromatic rings. The smallest absolute Gasteiger partial charge is 0.231 e. The van der Waals surface area contributed by atoms with Gasteiger partial charge in [-0.3, -0.25) is 9.69 Å². The minimum Gasteiger partial charge on any atom is -0.497 e. The fourth-order valence-electron chi connectivity index (χ4n) is 4.16.